The minimum absolute atomic E-state index is 0.228. The van der Waals surface area contributed by atoms with Crippen molar-refractivity contribution in [3.63, 3.8) is 0 Å². The molecule has 0 radical (unpaired) electrons. The van der Waals surface area contributed by atoms with E-state index in [0.717, 1.165) is 5.56 Å². The molecule has 2 aromatic carbocycles. The van der Waals surface area contributed by atoms with Gasteiger partial charge in [-0.05, 0) is 48.9 Å². The number of thioether (sulfide) groups is 1. The van der Waals surface area contributed by atoms with Gasteiger partial charge in [-0.2, -0.15) is 0 Å². The molecule has 6 nitrogen and oxygen atoms in total. The van der Waals surface area contributed by atoms with Gasteiger partial charge in [-0.3, -0.25) is 14.5 Å². The average molecular weight is 449 g/mol. The van der Waals surface area contributed by atoms with E-state index in [2.05, 4.69) is 0 Å². The first kappa shape index (κ1) is 21.2. The van der Waals surface area contributed by atoms with E-state index >= 15 is 0 Å². The summed E-state index contributed by atoms with van der Waals surface area (Å²) in [4.78, 5) is 25.8. The SMILES string of the molecule is CCOc1cc(/C=C2/SC(=S)N(c3cccc(Cl)c3)C2=O)ccc1OCC(N)=O. The van der Waals surface area contributed by atoms with Gasteiger partial charge in [-0.1, -0.05) is 47.7 Å². The zero-order chi connectivity index (χ0) is 21.0. The molecule has 0 unspecified atom stereocenters. The molecular formula is C20H17ClN2O4S2. The number of nitrogens with zero attached hydrogens (tertiary/aromatic N) is 1. The number of thiocarbonyl (C=S) groups is 1. The fourth-order valence-corrected chi connectivity index (χ4v) is 4.09. The lowest BCUT2D eigenvalue weighted by molar-refractivity contribution is -0.120. The number of ether oxygens (including phenoxy) is 2. The minimum Gasteiger partial charge on any atom is -0.490 e. The number of halogens is 1. The molecular weight excluding hydrogens is 432 g/mol. The van der Waals surface area contributed by atoms with Crippen molar-refractivity contribution < 1.29 is 19.1 Å². The summed E-state index contributed by atoms with van der Waals surface area (Å²) in [7, 11) is 0. The van der Waals surface area contributed by atoms with E-state index in [1.807, 2.05) is 6.92 Å². The number of nitrogens with two attached hydrogens (primary N) is 1. The summed E-state index contributed by atoms with van der Waals surface area (Å²) in [6, 6.07) is 12.1. The van der Waals surface area contributed by atoms with Crippen LogP contribution in [0.5, 0.6) is 11.5 Å². The second-order valence-corrected chi connectivity index (χ2v) is 8.00. The van der Waals surface area contributed by atoms with Crippen LogP contribution in [0.1, 0.15) is 12.5 Å². The second kappa shape index (κ2) is 9.30. The highest BCUT2D eigenvalue weighted by atomic mass is 35.5. The van der Waals surface area contributed by atoms with Gasteiger partial charge in [0.25, 0.3) is 11.8 Å². The predicted molar refractivity (Wildman–Crippen MR) is 119 cm³/mol. The molecule has 1 saturated heterocycles. The molecule has 0 atom stereocenters. The molecule has 9 heteroatoms. The van der Waals surface area contributed by atoms with Crippen LogP contribution < -0.4 is 20.1 Å². The number of hydrogen-bond acceptors (Lipinski definition) is 6. The maximum atomic E-state index is 12.9. The molecule has 1 fully saturated rings. The summed E-state index contributed by atoms with van der Waals surface area (Å²) in [5, 5.41) is 0.522. The van der Waals surface area contributed by atoms with Crippen LogP contribution in [0.3, 0.4) is 0 Å². The molecule has 0 saturated carbocycles. The summed E-state index contributed by atoms with van der Waals surface area (Å²) in [6.07, 6.45) is 1.73. The summed E-state index contributed by atoms with van der Waals surface area (Å²) in [6.45, 7) is 1.99. The van der Waals surface area contributed by atoms with E-state index in [1.54, 1.807) is 48.5 Å². The fourth-order valence-electron chi connectivity index (χ4n) is 2.61. The lowest BCUT2D eigenvalue weighted by atomic mass is 10.1. The van der Waals surface area contributed by atoms with Crippen molar-refractivity contribution in [2.75, 3.05) is 18.1 Å². The van der Waals surface area contributed by atoms with Gasteiger partial charge >= 0.3 is 0 Å². The average Bonchev–Trinajstić information content (AvgIpc) is 2.94. The topological polar surface area (TPSA) is 81.9 Å². The normalized spacial score (nSPS) is 15.1. The second-order valence-electron chi connectivity index (χ2n) is 5.89. The Kier molecular flexibility index (Phi) is 6.79. The highest BCUT2D eigenvalue weighted by Crippen LogP contribution is 2.37. The largest absolute Gasteiger partial charge is 0.490 e. The van der Waals surface area contributed by atoms with Crippen LogP contribution >= 0.6 is 35.6 Å². The van der Waals surface area contributed by atoms with Crippen molar-refractivity contribution in [2.45, 2.75) is 6.92 Å². The van der Waals surface area contributed by atoms with Gasteiger partial charge in [0, 0.05) is 5.02 Å². The number of benzene rings is 2. The Morgan fingerprint density at radius 2 is 2.03 bits per heavy atom. The quantitative estimate of drug-likeness (QED) is 0.509. The number of amides is 2. The summed E-state index contributed by atoms with van der Waals surface area (Å²) < 4.78 is 11.4. The Hall–Kier alpha value is -2.55. The van der Waals surface area contributed by atoms with Crippen LogP contribution in [0.25, 0.3) is 6.08 Å². The standard InChI is InChI=1S/C20H17ClN2O4S2/c1-2-26-16-8-12(6-7-15(16)27-11-18(22)24)9-17-19(25)23(20(28)29-17)14-5-3-4-13(21)10-14/h3-10H,2,11H2,1H3,(H2,22,24)/b17-9+. The van der Waals surface area contributed by atoms with E-state index in [4.69, 9.17) is 39.0 Å². The Labute approximate surface area is 182 Å². The lowest BCUT2D eigenvalue weighted by Crippen LogP contribution is -2.27. The molecule has 1 aliphatic heterocycles. The summed E-state index contributed by atoms with van der Waals surface area (Å²) in [5.74, 6) is 0.0394. The number of anilines is 1. The van der Waals surface area contributed by atoms with Crippen LogP contribution in [0.15, 0.2) is 47.4 Å². The van der Waals surface area contributed by atoms with Gasteiger partial charge in [0.1, 0.15) is 0 Å². The number of hydrogen-bond donors (Lipinski definition) is 1. The Balaban J connectivity index is 1.87. The van der Waals surface area contributed by atoms with Crippen LogP contribution in [0.4, 0.5) is 5.69 Å². The van der Waals surface area contributed by atoms with Gasteiger partial charge < -0.3 is 15.2 Å². The molecule has 0 bridgehead atoms. The zero-order valence-electron chi connectivity index (χ0n) is 15.4. The molecule has 0 aromatic heterocycles. The van der Waals surface area contributed by atoms with Gasteiger partial charge in [0.05, 0.1) is 17.2 Å². The van der Waals surface area contributed by atoms with Crippen LogP contribution in [-0.4, -0.2) is 29.3 Å². The monoisotopic (exact) mass is 448 g/mol. The summed E-state index contributed by atoms with van der Waals surface area (Å²) >= 11 is 12.6. The third kappa shape index (κ3) is 5.09. The Morgan fingerprint density at radius 1 is 1.24 bits per heavy atom. The van der Waals surface area contributed by atoms with Gasteiger partial charge in [-0.25, -0.2) is 0 Å². The molecule has 2 aromatic rings. The smallest absolute Gasteiger partial charge is 0.270 e. The van der Waals surface area contributed by atoms with E-state index in [9.17, 15) is 9.59 Å². The van der Waals surface area contributed by atoms with Crippen LogP contribution in [-0.2, 0) is 9.59 Å². The Morgan fingerprint density at radius 3 is 2.72 bits per heavy atom. The van der Waals surface area contributed by atoms with Gasteiger partial charge in [0.15, 0.2) is 22.4 Å². The van der Waals surface area contributed by atoms with Crippen molar-refractivity contribution in [3.8, 4) is 11.5 Å². The first-order valence-electron chi connectivity index (χ1n) is 8.60. The number of carbonyl (C=O) groups is 2. The summed E-state index contributed by atoms with van der Waals surface area (Å²) in [5.41, 5.74) is 6.47. The van der Waals surface area contributed by atoms with E-state index in [-0.39, 0.29) is 12.5 Å². The van der Waals surface area contributed by atoms with Crippen molar-refractivity contribution in [1.82, 2.24) is 0 Å². The lowest BCUT2D eigenvalue weighted by Gasteiger charge is -2.14. The van der Waals surface area contributed by atoms with Gasteiger partial charge in [-0.15, -0.1) is 0 Å². The van der Waals surface area contributed by atoms with Crippen molar-refractivity contribution in [3.05, 3.63) is 58.0 Å². The van der Waals surface area contributed by atoms with Gasteiger partial charge in [0.2, 0.25) is 0 Å². The predicted octanol–water partition coefficient (Wildman–Crippen LogP) is 4.01. The molecule has 1 heterocycles. The van der Waals surface area contributed by atoms with Crippen LogP contribution in [0.2, 0.25) is 5.02 Å². The maximum absolute atomic E-state index is 12.9. The molecule has 0 spiro atoms. The zero-order valence-corrected chi connectivity index (χ0v) is 17.8. The molecule has 0 aliphatic carbocycles. The molecule has 2 N–H and O–H groups in total. The third-order valence-corrected chi connectivity index (χ3v) is 5.33. The van der Waals surface area contributed by atoms with Crippen LogP contribution in [0, 0.1) is 0 Å². The highest BCUT2D eigenvalue weighted by Gasteiger charge is 2.33. The van der Waals surface area contributed by atoms with E-state index in [1.165, 1.54) is 16.7 Å². The molecule has 1 aliphatic rings. The molecule has 150 valence electrons. The van der Waals surface area contributed by atoms with E-state index in [0.29, 0.717) is 38.0 Å². The molecule has 29 heavy (non-hydrogen) atoms. The molecule has 3 rings (SSSR count). The van der Waals surface area contributed by atoms with Crippen molar-refractivity contribution in [1.29, 1.82) is 0 Å². The highest BCUT2D eigenvalue weighted by molar-refractivity contribution is 8.27. The first-order chi connectivity index (χ1) is 13.9. The fraction of sp³-hybridized carbons (Fsp3) is 0.150. The maximum Gasteiger partial charge on any atom is 0.270 e. The molecule has 2 amide bonds. The number of carbonyl (C=O) groups excluding carboxylic acids is 2. The third-order valence-electron chi connectivity index (χ3n) is 3.80. The van der Waals surface area contributed by atoms with E-state index < -0.39 is 5.91 Å². The van der Waals surface area contributed by atoms with Crippen molar-refractivity contribution >= 4 is 63.5 Å². The minimum atomic E-state index is -0.582. The number of primary amides is 1. The van der Waals surface area contributed by atoms with Crippen molar-refractivity contribution in [2.24, 2.45) is 5.73 Å². The number of rotatable bonds is 7. The first-order valence-corrected chi connectivity index (χ1v) is 10.2. The Bertz CT molecular complexity index is 1010.